The lowest BCUT2D eigenvalue weighted by atomic mass is 10.1. The average molecular weight is 465 g/mol. The maximum absolute atomic E-state index is 12.5. The molecule has 5 nitrogen and oxygen atoms in total. The van der Waals surface area contributed by atoms with Crippen LogP contribution in [0.15, 0.2) is 85.1 Å². The fourth-order valence-corrected chi connectivity index (χ4v) is 3.96. The number of benzene rings is 2. The topological polar surface area (TPSA) is 58.1 Å². The van der Waals surface area contributed by atoms with Crippen LogP contribution in [0.25, 0.3) is 0 Å². The number of hydrogen-bond acceptors (Lipinski definition) is 5. The van der Waals surface area contributed by atoms with Gasteiger partial charge in [0.25, 0.3) is 5.91 Å². The second-order valence-electron chi connectivity index (χ2n) is 7.12. The van der Waals surface area contributed by atoms with Crippen LogP contribution in [0.5, 0.6) is 0 Å². The zero-order valence-electron chi connectivity index (χ0n) is 17.9. The number of aryl methyl sites for hydroxylation is 1. The van der Waals surface area contributed by atoms with Gasteiger partial charge < -0.3 is 10.2 Å². The maximum Gasteiger partial charge on any atom is 0.255 e. The maximum atomic E-state index is 12.5. The van der Waals surface area contributed by atoms with E-state index in [0.717, 1.165) is 22.6 Å². The number of carbonyl (C=O) groups is 1. The monoisotopic (exact) mass is 464 g/mol. The van der Waals surface area contributed by atoms with Crippen molar-refractivity contribution in [2.45, 2.75) is 17.8 Å². The van der Waals surface area contributed by atoms with Gasteiger partial charge in [0.1, 0.15) is 11.0 Å². The Kier molecular flexibility index (Phi) is 8.48. The van der Waals surface area contributed by atoms with Gasteiger partial charge in [0.05, 0.1) is 0 Å². The first-order valence-corrected chi connectivity index (χ1v) is 11.5. The van der Waals surface area contributed by atoms with E-state index in [9.17, 15) is 4.79 Å². The van der Waals surface area contributed by atoms with E-state index in [-0.39, 0.29) is 5.91 Å². The lowest BCUT2D eigenvalue weighted by Crippen LogP contribution is -2.24. The second kappa shape index (κ2) is 11.5. The molecule has 1 amide bonds. The van der Waals surface area contributed by atoms with E-state index in [4.69, 9.17) is 11.6 Å². The third-order valence-electron chi connectivity index (χ3n) is 4.58. The highest BCUT2D eigenvalue weighted by Crippen LogP contribution is 2.25. The van der Waals surface area contributed by atoms with Gasteiger partial charge in [-0.25, -0.2) is 9.97 Å². The molecule has 3 aromatic rings. The molecule has 1 aromatic heterocycles. The summed E-state index contributed by atoms with van der Waals surface area (Å²) in [5, 5.41) is 3.89. The molecular weight excluding hydrogens is 440 g/mol. The Bertz CT molecular complexity index is 1070. The van der Waals surface area contributed by atoms with Gasteiger partial charge in [-0.3, -0.25) is 4.79 Å². The standard InChI is InChI=1S/C25H25ClN4OS/c1-4-14-30(15-5-2)23-16-22(26)28-25(29-23)32-17-19-8-10-20(11-9-19)24(31)27-21-12-6-18(3)7-13-21/h4-13,16H,1-2,14-15,17H2,3H3,(H,27,31). The SMILES string of the molecule is C=CCN(CC=C)c1cc(Cl)nc(SCc2ccc(C(=O)Nc3ccc(C)cc3)cc2)n1. The number of carbonyl (C=O) groups excluding carboxylic acids is 1. The highest BCUT2D eigenvalue weighted by Gasteiger charge is 2.11. The smallest absolute Gasteiger partial charge is 0.255 e. The number of nitrogens with zero attached hydrogens (tertiary/aromatic N) is 3. The van der Waals surface area contributed by atoms with Crippen LogP contribution in [0.1, 0.15) is 21.5 Å². The van der Waals surface area contributed by atoms with E-state index in [2.05, 4.69) is 28.4 Å². The summed E-state index contributed by atoms with van der Waals surface area (Å²) >= 11 is 7.71. The molecule has 7 heteroatoms. The minimum absolute atomic E-state index is 0.139. The number of amides is 1. The van der Waals surface area contributed by atoms with Crippen LogP contribution in [0.4, 0.5) is 11.5 Å². The van der Waals surface area contributed by atoms with Crippen molar-refractivity contribution in [1.29, 1.82) is 0 Å². The van der Waals surface area contributed by atoms with Gasteiger partial charge in [-0.2, -0.15) is 0 Å². The Morgan fingerprint density at radius 1 is 1.06 bits per heavy atom. The molecule has 0 saturated carbocycles. The highest BCUT2D eigenvalue weighted by molar-refractivity contribution is 7.98. The first kappa shape index (κ1) is 23.6. The van der Waals surface area contributed by atoms with Gasteiger partial charge >= 0.3 is 0 Å². The van der Waals surface area contributed by atoms with Crippen LogP contribution in [0, 0.1) is 6.92 Å². The summed E-state index contributed by atoms with van der Waals surface area (Å²) in [6.45, 7) is 10.9. The molecule has 3 rings (SSSR count). The van der Waals surface area contributed by atoms with Crippen molar-refractivity contribution in [2.24, 2.45) is 0 Å². The van der Waals surface area contributed by atoms with E-state index in [1.54, 1.807) is 6.07 Å². The van der Waals surface area contributed by atoms with Crippen molar-refractivity contribution in [3.63, 3.8) is 0 Å². The second-order valence-corrected chi connectivity index (χ2v) is 8.45. The van der Waals surface area contributed by atoms with Crippen LogP contribution in [0.2, 0.25) is 5.15 Å². The number of hydrogen-bond donors (Lipinski definition) is 1. The first-order chi connectivity index (χ1) is 15.5. The van der Waals surface area contributed by atoms with Gasteiger partial charge in [0.15, 0.2) is 5.16 Å². The van der Waals surface area contributed by atoms with Crippen molar-refractivity contribution >= 4 is 40.8 Å². The first-order valence-electron chi connectivity index (χ1n) is 10.1. The molecule has 0 atom stereocenters. The zero-order valence-corrected chi connectivity index (χ0v) is 19.5. The largest absolute Gasteiger partial charge is 0.349 e. The third kappa shape index (κ3) is 6.70. The lowest BCUT2D eigenvalue weighted by Gasteiger charge is -2.20. The molecule has 0 aliphatic heterocycles. The predicted octanol–water partition coefficient (Wildman–Crippen LogP) is 6.16. The van der Waals surface area contributed by atoms with Gasteiger partial charge in [-0.05, 0) is 36.8 Å². The van der Waals surface area contributed by atoms with Crippen LogP contribution in [-0.4, -0.2) is 29.0 Å². The zero-order chi connectivity index (χ0) is 22.9. The molecule has 0 spiro atoms. The average Bonchev–Trinajstić information content (AvgIpc) is 2.79. The minimum Gasteiger partial charge on any atom is -0.349 e. The van der Waals surface area contributed by atoms with Crippen molar-refractivity contribution in [3.8, 4) is 0 Å². The quantitative estimate of drug-likeness (QED) is 0.168. The Labute approximate surface area is 198 Å². The van der Waals surface area contributed by atoms with Crippen LogP contribution < -0.4 is 10.2 Å². The number of nitrogens with one attached hydrogen (secondary N) is 1. The van der Waals surface area contributed by atoms with Crippen LogP contribution in [-0.2, 0) is 5.75 Å². The summed E-state index contributed by atoms with van der Waals surface area (Å²) in [7, 11) is 0. The molecule has 0 saturated heterocycles. The number of halogens is 1. The van der Waals surface area contributed by atoms with E-state index >= 15 is 0 Å². The van der Waals surface area contributed by atoms with Crippen molar-refractivity contribution in [2.75, 3.05) is 23.3 Å². The normalized spacial score (nSPS) is 10.4. The molecule has 1 N–H and O–H groups in total. The summed E-state index contributed by atoms with van der Waals surface area (Å²) in [6, 6.07) is 17.0. The molecule has 1 heterocycles. The van der Waals surface area contributed by atoms with E-state index in [1.807, 2.05) is 72.5 Å². The number of aromatic nitrogens is 2. The Hall–Kier alpha value is -3.09. The minimum atomic E-state index is -0.139. The van der Waals surface area contributed by atoms with Gasteiger partial charge in [-0.1, -0.05) is 65.3 Å². The molecule has 0 unspecified atom stereocenters. The molecule has 0 aliphatic rings. The Balaban J connectivity index is 1.63. The number of thioether (sulfide) groups is 1. The molecule has 2 aromatic carbocycles. The third-order valence-corrected chi connectivity index (χ3v) is 5.69. The molecule has 0 radical (unpaired) electrons. The molecule has 0 fully saturated rings. The van der Waals surface area contributed by atoms with E-state index in [0.29, 0.717) is 34.7 Å². The fraction of sp³-hybridized carbons (Fsp3) is 0.160. The van der Waals surface area contributed by atoms with Crippen LogP contribution >= 0.6 is 23.4 Å². The highest BCUT2D eigenvalue weighted by atomic mass is 35.5. The molecule has 0 bridgehead atoms. The van der Waals surface area contributed by atoms with Gasteiger partial charge in [-0.15, -0.1) is 13.2 Å². The molecule has 32 heavy (non-hydrogen) atoms. The fourth-order valence-electron chi connectivity index (χ4n) is 2.93. The summed E-state index contributed by atoms with van der Waals surface area (Å²) in [6.07, 6.45) is 3.62. The summed E-state index contributed by atoms with van der Waals surface area (Å²) < 4.78 is 0. The van der Waals surface area contributed by atoms with E-state index < -0.39 is 0 Å². The number of anilines is 2. The van der Waals surface area contributed by atoms with Crippen LogP contribution in [0.3, 0.4) is 0 Å². The Morgan fingerprint density at radius 2 is 1.72 bits per heavy atom. The van der Waals surface area contributed by atoms with Gasteiger partial charge in [0.2, 0.25) is 0 Å². The van der Waals surface area contributed by atoms with Crippen molar-refractivity contribution in [3.05, 3.63) is 102 Å². The lowest BCUT2D eigenvalue weighted by molar-refractivity contribution is 0.102. The molecule has 0 aliphatic carbocycles. The van der Waals surface area contributed by atoms with Gasteiger partial charge in [0, 0.05) is 36.2 Å². The number of rotatable bonds is 10. The summed E-state index contributed by atoms with van der Waals surface area (Å²) in [5.74, 6) is 1.25. The molecule has 164 valence electrons. The summed E-state index contributed by atoms with van der Waals surface area (Å²) in [5.41, 5.74) is 3.58. The predicted molar refractivity (Wildman–Crippen MR) is 135 cm³/mol. The summed E-state index contributed by atoms with van der Waals surface area (Å²) in [4.78, 5) is 23.4. The molecular formula is C25H25ClN4OS. The Morgan fingerprint density at radius 3 is 2.34 bits per heavy atom. The van der Waals surface area contributed by atoms with E-state index in [1.165, 1.54) is 11.8 Å². The van der Waals surface area contributed by atoms with Crippen molar-refractivity contribution < 1.29 is 4.79 Å². The van der Waals surface area contributed by atoms with Crippen molar-refractivity contribution in [1.82, 2.24) is 9.97 Å².